The quantitative estimate of drug-likeness (QED) is 0.754. The molecule has 0 radical (unpaired) electrons. The van der Waals surface area contributed by atoms with E-state index in [1.54, 1.807) is 0 Å². The highest BCUT2D eigenvalue weighted by Crippen LogP contribution is 2.30. The van der Waals surface area contributed by atoms with Crippen molar-refractivity contribution in [1.82, 2.24) is 9.80 Å². The third-order valence-electron chi connectivity index (χ3n) is 3.80. The van der Waals surface area contributed by atoms with Crippen molar-refractivity contribution in [2.24, 2.45) is 0 Å². The van der Waals surface area contributed by atoms with Crippen LogP contribution in [0.4, 0.5) is 0 Å². The van der Waals surface area contributed by atoms with Crippen LogP contribution in [0.25, 0.3) is 0 Å². The number of likely N-dealkylation sites (N-methyl/N-ethyl adjacent to an activating group) is 1. The van der Waals surface area contributed by atoms with Crippen LogP contribution in [-0.4, -0.2) is 60.3 Å². The first-order valence-electron chi connectivity index (χ1n) is 6.25. The Hall–Kier alpha value is -0.120. The van der Waals surface area contributed by atoms with E-state index in [1.807, 2.05) is 0 Å². The van der Waals surface area contributed by atoms with Crippen LogP contribution in [0.3, 0.4) is 0 Å². The highest BCUT2D eigenvalue weighted by atomic mass is 16.3. The molecule has 2 atom stereocenters. The number of β-amino-alcohol motifs (C(OH)–C–C–N with tert-alkyl or cyclic N) is 1. The van der Waals surface area contributed by atoms with E-state index in [2.05, 4.69) is 23.9 Å². The van der Waals surface area contributed by atoms with Gasteiger partial charge in [0.25, 0.3) is 0 Å². The molecule has 3 nitrogen and oxygen atoms in total. The first-order chi connectivity index (χ1) is 7.16. The molecule has 1 saturated heterocycles. The summed E-state index contributed by atoms with van der Waals surface area (Å²) in [6.45, 7) is 2.00. The van der Waals surface area contributed by atoms with Gasteiger partial charge in [-0.05, 0) is 33.4 Å². The Bertz CT molecular complexity index is 202. The van der Waals surface area contributed by atoms with Gasteiger partial charge in [-0.25, -0.2) is 0 Å². The third kappa shape index (κ3) is 2.71. The van der Waals surface area contributed by atoms with E-state index < -0.39 is 0 Å². The molecule has 1 saturated carbocycles. The largest absolute Gasteiger partial charge is 0.392 e. The average Bonchev–Trinajstić information content (AvgIpc) is 2.72. The standard InChI is InChI=1S/C12H24N2O/c1-13(2)8-11-7-12(15)9-14(11)10-5-3-4-6-10/h10-12,15H,3-9H2,1-2H3. The number of aliphatic hydroxyl groups is 1. The van der Waals surface area contributed by atoms with Crippen molar-refractivity contribution in [2.75, 3.05) is 27.2 Å². The lowest BCUT2D eigenvalue weighted by molar-refractivity contribution is 0.138. The van der Waals surface area contributed by atoms with Gasteiger partial charge in [0, 0.05) is 25.2 Å². The summed E-state index contributed by atoms with van der Waals surface area (Å²) in [4.78, 5) is 4.81. The van der Waals surface area contributed by atoms with E-state index in [0.717, 1.165) is 25.6 Å². The van der Waals surface area contributed by atoms with Gasteiger partial charge in [0.2, 0.25) is 0 Å². The van der Waals surface area contributed by atoms with Crippen molar-refractivity contribution in [3.05, 3.63) is 0 Å². The van der Waals surface area contributed by atoms with Crippen LogP contribution >= 0.6 is 0 Å². The second kappa shape index (κ2) is 4.81. The predicted molar refractivity (Wildman–Crippen MR) is 61.9 cm³/mol. The van der Waals surface area contributed by atoms with Crippen molar-refractivity contribution in [2.45, 2.75) is 50.3 Å². The molecule has 3 heteroatoms. The molecule has 1 aliphatic carbocycles. The fourth-order valence-corrected chi connectivity index (χ4v) is 3.20. The molecule has 0 aromatic rings. The normalized spacial score (nSPS) is 34.4. The Labute approximate surface area is 93.1 Å². The number of rotatable bonds is 3. The molecule has 0 bridgehead atoms. The highest BCUT2D eigenvalue weighted by molar-refractivity contribution is 4.92. The smallest absolute Gasteiger partial charge is 0.0682 e. The predicted octanol–water partition coefficient (Wildman–Crippen LogP) is 0.926. The van der Waals surface area contributed by atoms with Crippen molar-refractivity contribution < 1.29 is 5.11 Å². The summed E-state index contributed by atoms with van der Waals surface area (Å²) in [7, 11) is 4.25. The zero-order valence-electron chi connectivity index (χ0n) is 10.0. The maximum absolute atomic E-state index is 9.78. The second-order valence-electron chi connectivity index (χ2n) is 5.44. The molecule has 1 N–H and O–H groups in total. The van der Waals surface area contributed by atoms with E-state index in [-0.39, 0.29) is 6.10 Å². The van der Waals surface area contributed by atoms with Gasteiger partial charge in [-0.1, -0.05) is 12.8 Å². The van der Waals surface area contributed by atoms with Crippen LogP contribution in [0, 0.1) is 0 Å². The van der Waals surface area contributed by atoms with Crippen LogP contribution in [0.15, 0.2) is 0 Å². The lowest BCUT2D eigenvalue weighted by Crippen LogP contribution is -2.42. The summed E-state index contributed by atoms with van der Waals surface area (Å²) in [5, 5.41) is 9.78. The fraction of sp³-hybridized carbons (Fsp3) is 1.00. The number of aliphatic hydroxyl groups excluding tert-OH is 1. The summed E-state index contributed by atoms with van der Waals surface area (Å²) in [6.07, 6.45) is 6.33. The SMILES string of the molecule is CN(C)CC1CC(O)CN1C1CCCC1. The first-order valence-corrected chi connectivity index (χ1v) is 6.25. The second-order valence-corrected chi connectivity index (χ2v) is 5.44. The van der Waals surface area contributed by atoms with Gasteiger partial charge in [0.05, 0.1) is 6.10 Å². The molecule has 88 valence electrons. The van der Waals surface area contributed by atoms with Crippen LogP contribution < -0.4 is 0 Å². The zero-order chi connectivity index (χ0) is 10.8. The number of nitrogens with zero attached hydrogens (tertiary/aromatic N) is 2. The topological polar surface area (TPSA) is 26.7 Å². The van der Waals surface area contributed by atoms with Gasteiger partial charge in [-0.2, -0.15) is 0 Å². The summed E-state index contributed by atoms with van der Waals surface area (Å²) in [5.41, 5.74) is 0. The lowest BCUT2D eigenvalue weighted by atomic mass is 10.1. The minimum atomic E-state index is -0.0875. The summed E-state index contributed by atoms with van der Waals surface area (Å²) in [6, 6.07) is 1.34. The van der Waals surface area contributed by atoms with Crippen molar-refractivity contribution in [1.29, 1.82) is 0 Å². The van der Waals surface area contributed by atoms with Crippen LogP contribution in [-0.2, 0) is 0 Å². The molecule has 0 aromatic heterocycles. The molecule has 2 unspecified atom stereocenters. The minimum Gasteiger partial charge on any atom is -0.392 e. The van der Waals surface area contributed by atoms with E-state index >= 15 is 0 Å². The van der Waals surface area contributed by atoms with E-state index in [4.69, 9.17) is 0 Å². The Kier molecular flexibility index (Phi) is 3.65. The Balaban J connectivity index is 1.94. The third-order valence-corrected chi connectivity index (χ3v) is 3.80. The van der Waals surface area contributed by atoms with E-state index in [0.29, 0.717) is 6.04 Å². The minimum absolute atomic E-state index is 0.0875. The Morgan fingerprint density at radius 3 is 2.53 bits per heavy atom. The molecule has 1 aliphatic heterocycles. The van der Waals surface area contributed by atoms with Crippen LogP contribution in [0.1, 0.15) is 32.1 Å². The number of hydrogen-bond donors (Lipinski definition) is 1. The molecule has 2 aliphatic rings. The molecule has 0 spiro atoms. The summed E-state index contributed by atoms with van der Waals surface area (Å²) < 4.78 is 0. The van der Waals surface area contributed by atoms with Gasteiger partial charge in [-0.3, -0.25) is 4.90 Å². The van der Waals surface area contributed by atoms with Crippen molar-refractivity contribution in [3.8, 4) is 0 Å². The maximum Gasteiger partial charge on any atom is 0.0682 e. The van der Waals surface area contributed by atoms with Gasteiger partial charge in [-0.15, -0.1) is 0 Å². The molecule has 0 aromatic carbocycles. The Morgan fingerprint density at radius 2 is 1.93 bits per heavy atom. The number of hydrogen-bond acceptors (Lipinski definition) is 3. The van der Waals surface area contributed by atoms with Crippen molar-refractivity contribution in [3.63, 3.8) is 0 Å². The molecule has 2 rings (SSSR count). The summed E-state index contributed by atoms with van der Waals surface area (Å²) in [5.74, 6) is 0. The van der Waals surface area contributed by atoms with Gasteiger partial charge >= 0.3 is 0 Å². The average molecular weight is 212 g/mol. The Morgan fingerprint density at radius 1 is 1.27 bits per heavy atom. The molecule has 0 amide bonds. The monoisotopic (exact) mass is 212 g/mol. The van der Waals surface area contributed by atoms with Crippen LogP contribution in [0.5, 0.6) is 0 Å². The highest BCUT2D eigenvalue weighted by Gasteiger charge is 2.36. The molecule has 2 fully saturated rings. The zero-order valence-corrected chi connectivity index (χ0v) is 10.0. The molecule has 1 heterocycles. The first kappa shape index (κ1) is 11.4. The van der Waals surface area contributed by atoms with Gasteiger partial charge < -0.3 is 10.0 Å². The maximum atomic E-state index is 9.78. The molecular weight excluding hydrogens is 188 g/mol. The fourth-order valence-electron chi connectivity index (χ4n) is 3.20. The van der Waals surface area contributed by atoms with E-state index in [1.165, 1.54) is 25.7 Å². The number of likely N-dealkylation sites (tertiary alicyclic amines) is 1. The van der Waals surface area contributed by atoms with Crippen molar-refractivity contribution >= 4 is 0 Å². The van der Waals surface area contributed by atoms with E-state index in [9.17, 15) is 5.11 Å². The van der Waals surface area contributed by atoms with Gasteiger partial charge in [0.1, 0.15) is 0 Å². The molecular formula is C12H24N2O. The summed E-state index contributed by atoms with van der Waals surface area (Å²) >= 11 is 0. The van der Waals surface area contributed by atoms with Crippen LogP contribution in [0.2, 0.25) is 0 Å². The lowest BCUT2D eigenvalue weighted by Gasteiger charge is -2.31. The molecule has 15 heavy (non-hydrogen) atoms. The van der Waals surface area contributed by atoms with Gasteiger partial charge in [0.15, 0.2) is 0 Å².